The van der Waals surface area contributed by atoms with Crippen molar-refractivity contribution in [3.05, 3.63) is 69.5 Å². The van der Waals surface area contributed by atoms with Gasteiger partial charge in [0, 0.05) is 25.7 Å². The van der Waals surface area contributed by atoms with Crippen molar-refractivity contribution in [2.75, 3.05) is 24.5 Å². The van der Waals surface area contributed by atoms with Crippen molar-refractivity contribution in [2.45, 2.75) is 13.2 Å². The third-order valence-electron chi connectivity index (χ3n) is 4.34. The van der Waals surface area contributed by atoms with Gasteiger partial charge in [0.25, 0.3) is 5.69 Å². The molecule has 1 aliphatic heterocycles. The Balaban J connectivity index is 1.76. The van der Waals surface area contributed by atoms with Crippen LogP contribution in [-0.4, -0.2) is 40.5 Å². The van der Waals surface area contributed by atoms with Crippen LogP contribution < -0.4 is 4.90 Å². The fraction of sp³-hybridized carbons (Fsp3) is 0.278. The van der Waals surface area contributed by atoms with Crippen molar-refractivity contribution in [3.63, 3.8) is 0 Å². The molecule has 7 nitrogen and oxygen atoms in total. The van der Waals surface area contributed by atoms with Crippen LogP contribution in [0.5, 0.6) is 0 Å². The summed E-state index contributed by atoms with van der Waals surface area (Å²) in [6.07, 6.45) is 0. The molecule has 0 unspecified atom stereocenters. The van der Waals surface area contributed by atoms with Gasteiger partial charge in [-0.05, 0) is 35.4 Å². The summed E-state index contributed by atoms with van der Waals surface area (Å²) in [5.41, 5.74) is 1.45. The average molecular weight is 359 g/mol. The molecular weight excluding hydrogens is 341 g/mol. The zero-order valence-electron chi connectivity index (χ0n) is 14.0. The number of nitro benzene ring substituents is 1. The van der Waals surface area contributed by atoms with E-state index in [9.17, 15) is 24.4 Å². The second-order valence-corrected chi connectivity index (χ2v) is 6.11. The topological polar surface area (TPSA) is 86.9 Å². The molecule has 1 fully saturated rings. The van der Waals surface area contributed by atoms with Crippen molar-refractivity contribution < 1.29 is 19.2 Å². The zero-order chi connectivity index (χ0) is 18.7. The van der Waals surface area contributed by atoms with E-state index in [1.54, 1.807) is 21.9 Å². The molecule has 136 valence electrons. The largest absolute Gasteiger partial charge is 0.392 e. The van der Waals surface area contributed by atoms with Crippen LogP contribution in [0.25, 0.3) is 0 Å². The number of benzene rings is 2. The van der Waals surface area contributed by atoms with Crippen LogP contribution in [0.1, 0.15) is 11.1 Å². The molecule has 0 saturated carbocycles. The van der Waals surface area contributed by atoms with Crippen LogP contribution in [0.4, 0.5) is 15.8 Å². The number of carbonyl (C=O) groups is 1. The van der Waals surface area contributed by atoms with E-state index in [-0.39, 0.29) is 30.6 Å². The average Bonchev–Trinajstić information content (AvgIpc) is 2.63. The third kappa shape index (κ3) is 3.80. The first-order valence-electron chi connectivity index (χ1n) is 8.13. The summed E-state index contributed by atoms with van der Waals surface area (Å²) in [5, 5.41) is 20.5. The molecule has 0 atom stereocenters. The van der Waals surface area contributed by atoms with Crippen molar-refractivity contribution in [2.24, 2.45) is 0 Å². The molecule has 2 aromatic rings. The number of rotatable bonds is 5. The maximum Gasteiger partial charge on any atom is 0.292 e. The molecular formula is C18H18FN3O4. The standard InChI is InChI=1S/C18H18FN3O4/c19-15-3-1-2-13(8-15)10-21-7-6-20(11-18(21)24)17-9-14(12-23)4-5-16(17)22(25)26/h1-5,8-9,23H,6-7,10-12H2. The van der Waals surface area contributed by atoms with Crippen molar-refractivity contribution in [1.82, 2.24) is 4.90 Å². The molecule has 1 saturated heterocycles. The highest BCUT2D eigenvalue weighted by Crippen LogP contribution is 2.30. The summed E-state index contributed by atoms with van der Waals surface area (Å²) in [6, 6.07) is 10.4. The lowest BCUT2D eigenvalue weighted by molar-refractivity contribution is -0.384. The Morgan fingerprint density at radius 2 is 1.96 bits per heavy atom. The van der Waals surface area contributed by atoms with Gasteiger partial charge in [-0.15, -0.1) is 0 Å². The van der Waals surface area contributed by atoms with E-state index >= 15 is 0 Å². The molecule has 8 heteroatoms. The van der Waals surface area contributed by atoms with Gasteiger partial charge in [0.05, 0.1) is 18.1 Å². The van der Waals surface area contributed by atoms with E-state index in [1.807, 2.05) is 0 Å². The van der Waals surface area contributed by atoms with Gasteiger partial charge in [-0.3, -0.25) is 14.9 Å². The maximum absolute atomic E-state index is 13.3. The third-order valence-corrected chi connectivity index (χ3v) is 4.34. The van der Waals surface area contributed by atoms with Crippen LogP contribution >= 0.6 is 0 Å². The van der Waals surface area contributed by atoms with E-state index in [1.165, 1.54) is 30.3 Å². The van der Waals surface area contributed by atoms with E-state index < -0.39 is 4.92 Å². The van der Waals surface area contributed by atoms with Crippen LogP contribution in [0.15, 0.2) is 42.5 Å². The number of aliphatic hydroxyl groups is 1. The predicted molar refractivity (Wildman–Crippen MR) is 93.0 cm³/mol. The lowest BCUT2D eigenvalue weighted by atomic mass is 10.1. The minimum atomic E-state index is -0.500. The van der Waals surface area contributed by atoms with Gasteiger partial charge in [-0.1, -0.05) is 12.1 Å². The van der Waals surface area contributed by atoms with Crippen LogP contribution in [0, 0.1) is 15.9 Å². The Morgan fingerprint density at radius 3 is 2.62 bits per heavy atom. The Bertz CT molecular complexity index is 843. The summed E-state index contributed by atoms with van der Waals surface area (Å²) in [6.45, 7) is 0.833. The molecule has 0 bridgehead atoms. The zero-order valence-corrected chi connectivity index (χ0v) is 14.0. The summed E-state index contributed by atoms with van der Waals surface area (Å²) < 4.78 is 13.3. The predicted octanol–water partition coefficient (Wildman–Crippen LogP) is 2.08. The number of carbonyl (C=O) groups excluding carboxylic acids is 1. The number of nitro groups is 1. The van der Waals surface area contributed by atoms with Gasteiger partial charge >= 0.3 is 0 Å². The Morgan fingerprint density at radius 1 is 1.15 bits per heavy atom. The molecule has 1 amide bonds. The Hall–Kier alpha value is -3.00. The van der Waals surface area contributed by atoms with Gasteiger partial charge in [-0.25, -0.2) is 4.39 Å². The van der Waals surface area contributed by atoms with Gasteiger partial charge in [-0.2, -0.15) is 0 Å². The number of halogens is 1. The first-order valence-corrected chi connectivity index (χ1v) is 8.13. The molecule has 0 radical (unpaired) electrons. The van der Waals surface area contributed by atoms with Crippen LogP contribution in [0.3, 0.4) is 0 Å². The number of hydrogen-bond acceptors (Lipinski definition) is 5. The smallest absolute Gasteiger partial charge is 0.292 e. The lowest BCUT2D eigenvalue weighted by Crippen LogP contribution is -2.50. The fourth-order valence-corrected chi connectivity index (χ4v) is 3.01. The van der Waals surface area contributed by atoms with E-state index in [0.717, 1.165) is 0 Å². The molecule has 26 heavy (non-hydrogen) atoms. The number of piperazine rings is 1. The number of anilines is 1. The second-order valence-electron chi connectivity index (χ2n) is 6.11. The first-order chi connectivity index (χ1) is 12.5. The summed E-state index contributed by atoms with van der Waals surface area (Å²) in [5.74, 6) is -0.547. The van der Waals surface area contributed by atoms with Crippen LogP contribution in [-0.2, 0) is 17.9 Å². The Labute approximate surface area is 149 Å². The second kappa shape index (κ2) is 7.49. The molecule has 1 N–H and O–H groups in total. The minimum Gasteiger partial charge on any atom is -0.392 e. The highest BCUT2D eigenvalue weighted by atomic mass is 19.1. The monoisotopic (exact) mass is 359 g/mol. The molecule has 3 rings (SSSR count). The summed E-state index contributed by atoms with van der Waals surface area (Å²) in [4.78, 5) is 26.5. The molecule has 0 spiro atoms. The van der Waals surface area contributed by atoms with Gasteiger partial charge < -0.3 is 14.9 Å². The molecule has 1 heterocycles. The Kier molecular flexibility index (Phi) is 5.13. The van der Waals surface area contributed by atoms with Crippen LogP contribution in [0.2, 0.25) is 0 Å². The number of nitrogens with zero attached hydrogens (tertiary/aromatic N) is 3. The van der Waals surface area contributed by atoms with Gasteiger partial charge in [0.1, 0.15) is 11.5 Å². The highest BCUT2D eigenvalue weighted by Gasteiger charge is 2.28. The number of aliphatic hydroxyl groups excluding tert-OH is 1. The van der Waals surface area contributed by atoms with Crippen molar-refractivity contribution in [3.8, 4) is 0 Å². The molecule has 0 aliphatic carbocycles. The molecule has 0 aromatic heterocycles. The SMILES string of the molecule is O=C1CN(c2cc(CO)ccc2[N+](=O)[O-])CCN1Cc1cccc(F)c1. The van der Waals surface area contributed by atoms with Crippen molar-refractivity contribution >= 4 is 17.3 Å². The quantitative estimate of drug-likeness (QED) is 0.652. The van der Waals surface area contributed by atoms with E-state index in [2.05, 4.69) is 0 Å². The number of hydrogen-bond donors (Lipinski definition) is 1. The van der Waals surface area contributed by atoms with Gasteiger partial charge in [0.2, 0.25) is 5.91 Å². The number of amides is 1. The molecule has 2 aromatic carbocycles. The lowest BCUT2D eigenvalue weighted by Gasteiger charge is -2.35. The van der Waals surface area contributed by atoms with E-state index in [0.29, 0.717) is 36.4 Å². The fourth-order valence-electron chi connectivity index (χ4n) is 3.01. The summed E-state index contributed by atoms with van der Waals surface area (Å²) >= 11 is 0. The minimum absolute atomic E-state index is 0.00889. The normalized spacial score (nSPS) is 14.6. The van der Waals surface area contributed by atoms with Gasteiger partial charge in [0.15, 0.2) is 0 Å². The van der Waals surface area contributed by atoms with Crippen molar-refractivity contribution in [1.29, 1.82) is 0 Å². The molecule has 1 aliphatic rings. The first kappa shape index (κ1) is 17.8. The maximum atomic E-state index is 13.3. The van der Waals surface area contributed by atoms with E-state index in [4.69, 9.17) is 0 Å². The highest BCUT2D eigenvalue weighted by molar-refractivity contribution is 5.84. The summed E-state index contributed by atoms with van der Waals surface area (Å²) in [7, 11) is 0.